The zero-order valence-corrected chi connectivity index (χ0v) is 13.3. The second-order valence-electron chi connectivity index (χ2n) is 5.68. The number of aliphatic carboxylic acids is 1. The van der Waals surface area contributed by atoms with E-state index >= 15 is 0 Å². The average molecular weight is 286 g/mol. The van der Waals surface area contributed by atoms with Gasteiger partial charge in [0.05, 0.1) is 0 Å². The fourth-order valence-electron chi connectivity index (χ4n) is 2.19. The Bertz CT molecular complexity index is 287. The standard InChI is InChI=1S/C15H30N2O3/c1-5-8-17(9-6-2)10-7-14(18)16-13(15(19)20)11-12(3)4/h12-13H,5-11H2,1-4H3,(H,16,18)(H,19,20). The van der Waals surface area contributed by atoms with Gasteiger partial charge < -0.3 is 15.3 Å². The highest BCUT2D eigenvalue weighted by atomic mass is 16.4. The van der Waals surface area contributed by atoms with Crippen molar-refractivity contribution in [1.82, 2.24) is 10.2 Å². The summed E-state index contributed by atoms with van der Waals surface area (Å²) < 4.78 is 0. The third-order valence-electron chi connectivity index (χ3n) is 3.08. The first-order chi connectivity index (χ1) is 9.40. The van der Waals surface area contributed by atoms with Gasteiger partial charge in [0.1, 0.15) is 6.04 Å². The van der Waals surface area contributed by atoms with E-state index in [-0.39, 0.29) is 11.8 Å². The summed E-state index contributed by atoms with van der Waals surface area (Å²) in [6.45, 7) is 10.8. The fourth-order valence-corrected chi connectivity index (χ4v) is 2.19. The largest absolute Gasteiger partial charge is 0.480 e. The van der Waals surface area contributed by atoms with Crippen LogP contribution in [0.1, 0.15) is 53.4 Å². The molecule has 0 aliphatic carbocycles. The molecule has 0 heterocycles. The van der Waals surface area contributed by atoms with Crippen LogP contribution in [0.4, 0.5) is 0 Å². The van der Waals surface area contributed by atoms with Crippen molar-refractivity contribution < 1.29 is 14.7 Å². The van der Waals surface area contributed by atoms with Crippen molar-refractivity contribution in [3.63, 3.8) is 0 Å². The van der Waals surface area contributed by atoms with Gasteiger partial charge in [0.2, 0.25) is 5.91 Å². The summed E-state index contributed by atoms with van der Waals surface area (Å²) in [6.07, 6.45) is 2.95. The number of carbonyl (C=O) groups excluding carboxylic acids is 1. The van der Waals surface area contributed by atoms with E-state index in [1.165, 1.54) is 0 Å². The zero-order valence-electron chi connectivity index (χ0n) is 13.3. The number of carbonyl (C=O) groups is 2. The molecule has 0 aliphatic rings. The summed E-state index contributed by atoms with van der Waals surface area (Å²) >= 11 is 0. The minimum absolute atomic E-state index is 0.171. The summed E-state index contributed by atoms with van der Waals surface area (Å²) in [5.41, 5.74) is 0. The van der Waals surface area contributed by atoms with Crippen LogP contribution in [0.15, 0.2) is 0 Å². The van der Waals surface area contributed by atoms with Gasteiger partial charge in [0.15, 0.2) is 0 Å². The molecule has 118 valence electrons. The highest BCUT2D eigenvalue weighted by Gasteiger charge is 2.21. The van der Waals surface area contributed by atoms with Crippen LogP contribution in [-0.4, -0.2) is 47.6 Å². The Labute approximate surface area is 122 Å². The summed E-state index contributed by atoms with van der Waals surface area (Å²) in [5.74, 6) is -0.880. The molecular weight excluding hydrogens is 256 g/mol. The SMILES string of the molecule is CCCN(CCC)CCC(=O)NC(CC(C)C)C(=O)O. The van der Waals surface area contributed by atoms with E-state index in [1.807, 2.05) is 13.8 Å². The highest BCUT2D eigenvalue weighted by molar-refractivity contribution is 5.83. The topological polar surface area (TPSA) is 69.6 Å². The third kappa shape index (κ3) is 8.91. The van der Waals surface area contributed by atoms with Crippen LogP contribution in [0.3, 0.4) is 0 Å². The predicted octanol–water partition coefficient (Wildman–Crippen LogP) is 2.11. The Morgan fingerprint density at radius 2 is 1.65 bits per heavy atom. The molecule has 0 aromatic carbocycles. The summed E-state index contributed by atoms with van der Waals surface area (Å²) in [7, 11) is 0. The van der Waals surface area contributed by atoms with Crippen molar-refractivity contribution in [3.05, 3.63) is 0 Å². The predicted molar refractivity (Wildman–Crippen MR) is 80.7 cm³/mol. The van der Waals surface area contributed by atoms with E-state index in [0.29, 0.717) is 19.4 Å². The number of amides is 1. The van der Waals surface area contributed by atoms with Crippen LogP contribution in [0, 0.1) is 5.92 Å². The maximum absolute atomic E-state index is 11.9. The second-order valence-corrected chi connectivity index (χ2v) is 5.68. The quantitative estimate of drug-likeness (QED) is 0.610. The van der Waals surface area contributed by atoms with E-state index in [9.17, 15) is 9.59 Å². The molecule has 0 aromatic heterocycles. The van der Waals surface area contributed by atoms with Crippen molar-refractivity contribution in [2.24, 2.45) is 5.92 Å². The van der Waals surface area contributed by atoms with E-state index in [1.54, 1.807) is 0 Å². The monoisotopic (exact) mass is 286 g/mol. The smallest absolute Gasteiger partial charge is 0.326 e. The van der Waals surface area contributed by atoms with E-state index in [0.717, 1.165) is 25.9 Å². The number of hydrogen-bond acceptors (Lipinski definition) is 3. The number of carboxylic acids is 1. The lowest BCUT2D eigenvalue weighted by atomic mass is 10.0. The molecule has 1 atom stereocenters. The number of carboxylic acid groups (broad SMARTS) is 1. The first-order valence-corrected chi connectivity index (χ1v) is 7.65. The maximum atomic E-state index is 11.9. The first kappa shape index (κ1) is 18.9. The van der Waals surface area contributed by atoms with Gasteiger partial charge in [-0.05, 0) is 38.3 Å². The summed E-state index contributed by atoms with van der Waals surface area (Å²) in [6, 6.07) is -0.770. The van der Waals surface area contributed by atoms with Gasteiger partial charge in [-0.3, -0.25) is 4.79 Å². The average Bonchev–Trinajstić information content (AvgIpc) is 2.35. The highest BCUT2D eigenvalue weighted by Crippen LogP contribution is 2.05. The first-order valence-electron chi connectivity index (χ1n) is 7.65. The van der Waals surface area contributed by atoms with E-state index < -0.39 is 12.0 Å². The normalized spacial score (nSPS) is 12.7. The molecule has 0 radical (unpaired) electrons. The van der Waals surface area contributed by atoms with Crippen LogP contribution in [0.25, 0.3) is 0 Å². The molecule has 0 bridgehead atoms. The lowest BCUT2D eigenvalue weighted by Gasteiger charge is -2.21. The van der Waals surface area contributed by atoms with Crippen molar-refractivity contribution in [1.29, 1.82) is 0 Å². The Kier molecular flexibility index (Phi) is 10.1. The van der Waals surface area contributed by atoms with Crippen molar-refractivity contribution in [3.8, 4) is 0 Å². The van der Waals surface area contributed by atoms with Crippen LogP contribution in [0.5, 0.6) is 0 Å². The molecule has 0 rings (SSSR count). The van der Waals surface area contributed by atoms with Gasteiger partial charge >= 0.3 is 5.97 Å². The third-order valence-corrected chi connectivity index (χ3v) is 3.08. The minimum Gasteiger partial charge on any atom is -0.480 e. The van der Waals surface area contributed by atoms with Gasteiger partial charge in [-0.1, -0.05) is 27.7 Å². The van der Waals surface area contributed by atoms with Crippen LogP contribution >= 0.6 is 0 Å². The van der Waals surface area contributed by atoms with Crippen molar-refractivity contribution >= 4 is 11.9 Å². The Morgan fingerprint density at radius 3 is 2.05 bits per heavy atom. The van der Waals surface area contributed by atoms with Gasteiger partial charge in [-0.2, -0.15) is 0 Å². The molecule has 0 fully saturated rings. The van der Waals surface area contributed by atoms with Gasteiger partial charge in [0.25, 0.3) is 0 Å². The van der Waals surface area contributed by atoms with Crippen molar-refractivity contribution in [2.75, 3.05) is 19.6 Å². The molecule has 0 aliphatic heterocycles. The summed E-state index contributed by atoms with van der Waals surface area (Å²) in [4.78, 5) is 25.2. The van der Waals surface area contributed by atoms with Crippen LogP contribution in [-0.2, 0) is 9.59 Å². The Morgan fingerprint density at radius 1 is 1.10 bits per heavy atom. The molecule has 2 N–H and O–H groups in total. The molecular formula is C15H30N2O3. The summed E-state index contributed by atoms with van der Waals surface area (Å²) in [5, 5.41) is 11.7. The van der Waals surface area contributed by atoms with Crippen LogP contribution in [0.2, 0.25) is 0 Å². The Balaban J connectivity index is 4.20. The van der Waals surface area contributed by atoms with Gasteiger partial charge in [0, 0.05) is 13.0 Å². The molecule has 5 heteroatoms. The molecule has 1 amide bonds. The Hall–Kier alpha value is -1.10. The number of rotatable bonds is 11. The molecule has 0 aromatic rings. The second kappa shape index (κ2) is 10.7. The molecule has 1 unspecified atom stereocenters. The lowest BCUT2D eigenvalue weighted by Crippen LogP contribution is -2.42. The number of hydrogen-bond donors (Lipinski definition) is 2. The molecule has 0 saturated carbocycles. The lowest BCUT2D eigenvalue weighted by molar-refractivity contribution is -0.142. The van der Waals surface area contributed by atoms with Gasteiger partial charge in [-0.15, -0.1) is 0 Å². The van der Waals surface area contributed by atoms with E-state index in [2.05, 4.69) is 24.1 Å². The molecule has 0 saturated heterocycles. The number of nitrogens with one attached hydrogen (secondary N) is 1. The van der Waals surface area contributed by atoms with Gasteiger partial charge in [-0.25, -0.2) is 4.79 Å². The maximum Gasteiger partial charge on any atom is 0.326 e. The molecule has 20 heavy (non-hydrogen) atoms. The van der Waals surface area contributed by atoms with E-state index in [4.69, 9.17) is 5.11 Å². The number of nitrogens with zero attached hydrogens (tertiary/aromatic N) is 1. The zero-order chi connectivity index (χ0) is 15.5. The minimum atomic E-state index is -0.953. The van der Waals surface area contributed by atoms with Crippen molar-refractivity contribution in [2.45, 2.75) is 59.4 Å². The fraction of sp³-hybridized carbons (Fsp3) is 0.867. The van der Waals surface area contributed by atoms with Crippen LogP contribution < -0.4 is 5.32 Å². The molecule has 5 nitrogen and oxygen atoms in total. The molecule has 0 spiro atoms.